The molecule has 0 bridgehead atoms. The number of benzene rings is 3. The van der Waals surface area contributed by atoms with E-state index in [0.717, 1.165) is 49.8 Å². The van der Waals surface area contributed by atoms with Crippen LogP contribution >= 0.6 is 0 Å². The SMILES string of the molecule is COc1ccc(C(=O)N2CCN(C/C=C/c3ccccc3)CC2)cc1COc1ccccc1. The predicted molar refractivity (Wildman–Crippen MR) is 132 cm³/mol. The molecular formula is C28H30N2O3. The Kier molecular flexibility index (Phi) is 7.77. The van der Waals surface area contributed by atoms with Crippen LogP contribution in [0.15, 0.2) is 84.9 Å². The summed E-state index contributed by atoms with van der Waals surface area (Å²) in [5.41, 5.74) is 2.73. The number of ether oxygens (including phenoxy) is 2. The summed E-state index contributed by atoms with van der Waals surface area (Å²) in [5, 5.41) is 0. The van der Waals surface area contributed by atoms with Crippen molar-refractivity contribution in [1.82, 2.24) is 9.80 Å². The molecule has 1 amide bonds. The molecule has 1 aliphatic rings. The van der Waals surface area contributed by atoms with Crippen molar-refractivity contribution in [2.45, 2.75) is 6.61 Å². The van der Waals surface area contributed by atoms with Crippen LogP contribution in [0.2, 0.25) is 0 Å². The molecule has 0 aromatic heterocycles. The fraction of sp³-hybridized carbons (Fsp3) is 0.250. The van der Waals surface area contributed by atoms with Crippen LogP contribution in [-0.4, -0.2) is 55.5 Å². The van der Waals surface area contributed by atoms with Gasteiger partial charge in [-0.2, -0.15) is 0 Å². The quantitative estimate of drug-likeness (QED) is 0.505. The Bertz CT molecular complexity index is 1060. The third kappa shape index (κ3) is 6.24. The summed E-state index contributed by atoms with van der Waals surface area (Å²) in [4.78, 5) is 17.4. The van der Waals surface area contributed by atoms with Crippen LogP contribution in [0.1, 0.15) is 21.5 Å². The van der Waals surface area contributed by atoms with Gasteiger partial charge >= 0.3 is 0 Å². The number of para-hydroxylation sites is 1. The molecule has 1 saturated heterocycles. The Morgan fingerprint density at radius 2 is 1.61 bits per heavy atom. The van der Waals surface area contributed by atoms with Crippen LogP contribution in [-0.2, 0) is 6.61 Å². The predicted octanol–water partition coefficient (Wildman–Crippen LogP) is 4.75. The number of methoxy groups -OCH3 is 1. The van der Waals surface area contributed by atoms with Crippen LogP contribution < -0.4 is 9.47 Å². The van der Waals surface area contributed by atoms with Crippen molar-refractivity contribution >= 4 is 12.0 Å². The standard InChI is InChI=1S/C28H30N2O3/c1-32-27-15-14-24(21-25(27)22-33-26-12-6-3-7-13-26)28(31)30-19-17-29(18-20-30)16-8-11-23-9-4-2-5-10-23/h2-15,21H,16-20,22H2,1H3/b11-8+. The van der Waals surface area contributed by atoms with Crippen molar-refractivity contribution in [1.29, 1.82) is 0 Å². The minimum atomic E-state index is 0.0538. The van der Waals surface area contributed by atoms with Crippen LogP contribution in [0.5, 0.6) is 11.5 Å². The molecule has 0 radical (unpaired) electrons. The first-order valence-electron chi connectivity index (χ1n) is 11.3. The first kappa shape index (κ1) is 22.6. The van der Waals surface area contributed by atoms with Crippen LogP contribution in [0.3, 0.4) is 0 Å². The highest BCUT2D eigenvalue weighted by Gasteiger charge is 2.22. The van der Waals surface area contributed by atoms with E-state index in [4.69, 9.17) is 9.47 Å². The van der Waals surface area contributed by atoms with Gasteiger partial charge in [-0.3, -0.25) is 9.69 Å². The van der Waals surface area contributed by atoms with Gasteiger partial charge < -0.3 is 14.4 Å². The first-order valence-corrected chi connectivity index (χ1v) is 11.3. The van der Waals surface area contributed by atoms with Crippen molar-refractivity contribution in [3.8, 4) is 11.5 Å². The number of hydrogen-bond donors (Lipinski definition) is 0. The molecule has 0 aliphatic carbocycles. The average Bonchev–Trinajstić information content (AvgIpc) is 2.88. The van der Waals surface area contributed by atoms with Crippen molar-refractivity contribution < 1.29 is 14.3 Å². The number of carbonyl (C=O) groups is 1. The first-order chi connectivity index (χ1) is 16.2. The molecule has 5 nitrogen and oxygen atoms in total. The maximum atomic E-state index is 13.1. The summed E-state index contributed by atoms with van der Waals surface area (Å²) in [6, 6.07) is 25.5. The number of rotatable bonds is 8. The van der Waals surface area contributed by atoms with Crippen molar-refractivity contribution in [3.05, 3.63) is 102 Å². The summed E-state index contributed by atoms with van der Waals surface area (Å²) in [6.07, 6.45) is 4.34. The lowest BCUT2D eigenvalue weighted by Crippen LogP contribution is -2.48. The normalized spacial score (nSPS) is 14.4. The molecule has 3 aromatic rings. The summed E-state index contributed by atoms with van der Waals surface area (Å²) in [7, 11) is 1.63. The Hall–Kier alpha value is -3.57. The van der Waals surface area contributed by atoms with Crippen LogP contribution in [0.4, 0.5) is 0 Å². The van der Waals surface area contributed by atoms with E-state index in [9.17, 15) is 4.79 Å². The fourth-order valence-electron chi connectivity index (χ4n) is 3.92. The molecule has 1 heterocycles. The molecule has 170 valence electrons. The number of hydrogen-bond acceptors (Lipinski definition) is 4. The Balaban J connectivity index is 1.32. The summed E-state index contributed by atoms with van der Waals surface area (Å²) < 4.78 is 11.4. The lowest BCUT2D eigenvalue weighted by molar-refractivity contribution is 0.0650. The molecule has 4 rings (SSSR count). The molecule has 0 spiro atoms. The Labute approximate surface area is 195 Å². The van der Waals surface area contributed by atoms with Crippen molar-refractivity contribution in [3.63, 3.8) is 0 Å². The van der Waals surface area contributed by atoms with E-state index >= 15 is 0 Å². The summed E-state index contributed by atoms with van der Waals surface area (Å²) in [6.45, 7) is 4.41. The second-order valence-electron chi connectivity index (χ2n) is 8.03. The van der Waals surface area contributed by atoms with E-state index in [1.165, 1.54) is 5.56 Å². The summed E-state index contributed by atoms with van der Waals surface area (Å²) in [5.74, 6) is 1.56. The average molecular weight is 443 g/mol. The topological polar surface area (TPSA) is 42.0 Å². The number of nitrogens with zero attached hydrogens (tertiary/aromatic N) is 2. The maximum absolute atomic E-state index is 13.1. The van der Waals surface area contributed by atoms with E-state index in [0.29, 0.717) is 12.2 Å². The monoisotopic (exact) mass is 442 g/mol. The van der Waals surface area contributed by atoms with E-state index in [1.807, 2.05) is 71.6 Å². The minimum Gasteiger partial charge on any atom is -0.496 e. The number of carbonyl (C=O) groups excluding carboxylic acids is 1. The van der Waals surface area contributed by atoms with E-state index in [1.54, 1.807) is 7.11 Å². The van der Waals surface area contributed by atoms with Crippen molar-refractivity contribution in [2.75, 3.05) is 39.8 Å². The molecular weight excluding hydrogens is 412 g/mol. The molecule has 5 heteroatoms. The Morgan fingerprint density at radius 3 is 2.30 bits per heavy atom. The molecule has 0 atom stereocenters. The van der Waals surface area contributed by atoms with E-state index in [2.05, 4.69) is 29.2 Å². The van der Waals surface area contributed by atoms with Gasteiger partial charge in [0.05, 0.1) is 7.11 Å². The smallest absolute Gasteiger partial charge is 0.253 e. The van der Waals surface area contributed by atoms with Gasteiger partial charge in [0.15, 0.2) is 0 Å². The van der Waals surface area contributed by atoms with Gasteiger partial charge in [0, 0.05) is 43.9 Å². The van der Waals surface area contributed by atoms with Crippen LogP contribution in [0.25, 0.3) is 6.08 Å². The number of amides is 1. The molecule has 1 aliphatic heterocycles. The largest absolute Gasteiger partial charge is 0.496 e. The molecule has 0 saturated carbocycles. The highest BCUT2D eigenvalue weighted by molar-refractivity contribution is 5.94. The lowest BCUT2D eigenvalue weighted by atomic mass is 10.1. The van der Waals surface area contributed by atoms with Gasteiger partial charge in [0.25, 0.3) is 5.91 Å². The van der Waals surface area contributed by atoms with Gasteiger partial charge in [-0.05, 0) is 35.9 Å². The van der Waals surface area contributed by atoms with Gasteiger partial charge in [-0.1, -0.05) is 60.7 Å². The molecule has 1 fully saturated rings. The van der Waals surface area contributed by atoms with Gasteiger partial charge in [0.2, 0.25) is 0 Å². The maximum Gasteiger partial charge on any atom is 0.253 e. The third-order valence-corrected chi connectivity index (χ3v) is 5.80. The fourth-order valence-corrected chi connectivity index (χ4v) is 3.92. The summed E-state index contributed by atoms with van der Waals surface area (Å²) >= 11 is 0. The zero-order valence-corrected chi connectivity index (χ0v) is 19.0. The molecule has 0 unspecified atom stereocenters. The minimum absolute atomic E-state index is 0.0538. The van der Waals surface area contributed by atoms with Crippen LogP contribution in [0, 0.1) is 0 Å². The Morgan fingerprint density at radius 1 is 0.909 bits per heavy atom. The number of piperazine rings is 1. The lowest BCUT2D eigenvalue weighted by Gasteiger charge is -2.34. The van der Waals surface area contributed by atoms with E-state index in [-0.39, 0.29) is 5.91 Å². The highest BCUT2D eigenvalue weighted by Crippen LogP contribution is 2.23. The second kappa shape index (κ2) is 11.3. The highest BCUT2D eigenvalue weighted by atomic mass is 16.5. The second-order valence-corrected chi connectivity index (χ2v) is 8.03. The molecule has 0 N–H and O–H groups in total. The van der Waals surface area contributed by atoms with E-state index < -0.39 is 0 Å². The third-order valence-electron chi connectivity index (χ3n) is 5.80. The van der Waals surface area contributed by atoms with Gasteiger partial charge in [-0.15, -0.1) is 0 Å². The van der Waals surface area contributed by atoms with Crippen molar-refractivity contribution in [2.24, 2.45) is 0 Å². The zero-order chi connectivity index (χ0) is 22.9. The van der Waals surface area contributed by atoms with Gasteiger partial charge in [-0.25, -0.2) is 0 Å². The molecule has 33 heavy (non-hydrogen) atoms. The van der Waals surface area contributed by atoms with Gasteiger partial charge in [0.1, 0.15) is 18.1 Å². The molecule has 3 aromatic carbocycles. The zero-order valence-electron chi connectivity index (χ0n) is 19.0.